The van der Waals surface area contributed by atoms with Gasteiger partial charge in [0.05, 0.1) is 6.10 Å². The molecule has 5 nitrogen and oxygen atoms in total. The number of nitrogens with one attached hydrogen (secondary N) is 1. The molecule has 0 aliphatic rings. The van der Waals surface area contributed by atoms with Gasteiger partial charge >= 0.3 is 0 Å². The third-order valence-electron chi connectivity index (χ3n) is 1.91. The maximum atomic E-state index is 9.00. The van der Waals surface area contributed by atoms with Crippen LogP contribution in [0.3, 0.4) is 0 Å². The number of rotatable bonds is 6. The third-order valence-corrected chi connectivity index (χ3v) is 1.91. The van der Waals surface area contributed by atoms with E-state index in [2.05, 4.69) is 15.4 Å². The number of hydrogen-bond acceptors (Lipinski definition) is 4. The van der Waals surface area contributed by atoms with E-state index >= 15 is 0 Å². The van der Waals surface area contributed by atoms with E-state index in [4.69, 9.17) is 5.11 Å². The summed E-state index contributed by atoms with van der Waals surface area (Å²) in [4.78, 5) is 4.11. The van der Waals surface area contributed by atoms with Crippen LogP contribution in [0.4, 0.5) is 0 Å². The van der Waals surface area contributed by atoms with Crippen LogP contribution in [0.25, 0.3) is 0 Å². The normalized spacial score (nSPS) is 13.1. The first-order valence-corrected chi connectivity index (χ1v) is 4.92. The van der Waals surface area contributed by atoms with Crippen molar-refractivity contribution in [3.8, 4) is 0 Å². The van der Waals surface area contributed by atoms with Gasteiger partial charge in [0.1, 0.15) is 6.33 Å². The van der Waals surface area contributed by atoms with Crippen molar-refractivity contribution >= 4 is 0 Å². The van der Waals surface area contributed by atoms with Crippen molar-refractivity contribution < 1.29 is 5.11 Å². The van der Waals surface area contributed by atoms with Crippen molar-refractivity contribution in [2.45, 2.75) is 25.9 Å². The first kappa shape index (κ1) is 11.1. The molecule has 1 atom stereocenters. The Morgan fingerprint density at radius 3 is 2.93 bits per heavy atom. The molecule has 5 heteroatoms. The smallest absolute Gasteiger partial charge is 0.151 e. The zero-order valence-corrected chi connectivity index (χ0v) is 8.77. The van der Waals surface area contributed by atoms with Crippen LogP contribution in [0.15, 0.2) is 6.33 Å². The standard InChI is InChI=1S/C9H18N4O/c1-8(14)3-5-10-6-4-9-11-7-13(2)12-9/h7-8,10,14H,3-6H2,1-2H3. The highest BCUT2D eigenvalue weighted by Gasteiger charge is 1.98. The van der Waals surface area contributed by atoms with E-state index < -0.39 is 0 Å². The molecule has 0 bridgehead atoms. The molecule has 0 aromatic carbocycles. The molecule has 1 aromatic heterocycles. The highest BCUT2D eigenvalue weighted by molar-refractivity contribution is 4.81. The minimum atomic E-state index is -0.226. The van der Waals surface area contributed by atoms with Crippen LogP contribution in [-0.4, -0.2) is 39.1 Å². The Morgan fingerprint density at radius 1 is 1.57 bits per heavy atom. The Morgan fingerprint density at radius 2 is 2.36 bits per heavy atom. The lowest BCUT2D eigenvalue weighted by Crippen LogP contribution is -2.21. The predicted octanol–water partition coefficient (Wildman–Crippen LogP) is -0.282. The lowest BCUT2D eigenvalue weighted by atomic mass is 10.3. The zero-order valence-electron chi connectivity index (χ0n) is 8.77. The van der Waals surface area contributed by atoms with Crippen molar-refractivity contribution in [2.24, 2.45) is 7.05 Å². The maximum absolute atomic E-state index is 9.00. The van der Waals surface area contributed by atoms with Gasteiger partial charge in [-0.3, -0.25) is 4.68 Å². The minimum absolute atomic E-state index is 0.226. The topological polar surface area (TPSA) is 63.0 Å². The molecule has 1 unspecified atom stereocenters. The Kier molecular flexibility index (Phi) is 4.55. The molecule has 14 heavy (non-hydrogen) atoms. The zero-order chi connectivity index (χ0) is 10.4. The van der Waals surface area contributed by atoms with Crippen LogP contribution < -0.4 is 5.32 Å². The molecule has 0 amide bonds. The SMILES string of the molecule is CC(O)CCNCCc1ncn(C)n1. The van der Waals surface area contributed by atoms with Gasteiger partial charge in [-0.15, -0.1) is 0 Å². The van der Waals surface area contributed by atoms with Gasteiger partial charge in [0.25, 0.3) is 0 Å². The van der Waals surface area contributed by atoms with Crippen LogP contribution >= 0.6 is 0 Å². The molecule has 0 aliphatic heterocycles. The maximum Gasteiger partial charge on any atom is 0.151 e. The highest BCUT2D eigenvalue weighted by atomic mass is 16.3. The summed E-state index contributed by atoms with van der Waals surface area (Å²) in [5.41, 5.74) is 0. The molecule has 0 radical (unpaired) electrons. The van der Waals surface area contributed by atoms with E-state index in [0.29, 0.717) is 0 Å². The van der Waals surface area contributed by atoms with E-state index in [1.165, 1.54) is 0 Å². The van der Waals surface area contributed by atoms with Gasteiger partial charge < -0.3 is 10.4 Å². The number of hydrogen-bond donors (Lipinski definition) is 2. The molecule has 1 rings (SSSR count). The quantitative estimate of drug-likeness (QED) is 0.617. The molecule has 0 saturated carbocycles. The molecule has 0 fully saturated rings. The Labute approximate surface area is 84.2 Å². The summed E-state index contributed by atoms with van der Waals surface area (Å²) >= 11 is 0. The summed E-state index contributed by atoms with van der Waals surface area (Å²) in [6, 6.07) is 0. The first-order valence-electron chi connectivity index (χ1n) is 4.92. The molecule has 0 aliphatic carbocycles. The Balaban J connectivity index is 2.04. The fourth-order valence-electron chi connectivity index (χ4n) is 1.13. The average molecular weight is 198 g/mol. The average Bonchev–Trinajstić information content (AvgIpc) is 2.50. The number of aromatic nitrogens is 3. The van der Waals surface area contributed by atoms with Crippen molar-refractivity contribution in [3.63, 3.8) is 0 Å². The van der Waals surface area contributed by atoms with Gasteiger partial charge in [-0.1, -0.05) is 0 Å². The molecule has 1 aromatic rings. The van der Waals surface area contributed by atoms with Crippen LogP contribution in [0, 0.1) is 0 Å². The second-order valence-electron chi connectivity index (χ2n) is 3.47. The second-order valence-corrected chi connectivity index (χ2v) is 3.47. The predicted molar refractivity (Wildman–Crippen MR) is 53.9 cm³/mol. The second kappa shape index (κ2) is 5.72. The third kappa shape index (κ3) is 4.34. The van der Waals surface area contributed by atoms with E-state index in [1.54, 1.807) is 17.9 Å². The van der Waals surface area contributed by atoms with E-state index in [-0.39, 0.29) is 6.10 Å². The lowest BCUT2D eigenvalue weighted by molar-refractivity contribution is 0.184. The van der Waals surface area contributed by atoms with E-state index in [0.717, 1.165) is 31.8 Å². The van der Waals surface area contributed by atoms with Gasteiger partial charge in [0.15, 0.2) is 5.82 Å². The van der Waals surface area contributed by atoms with Crippen molar-refractivity contribution in [1.82, 2.24) is 20.1 Å². The molecular formula is C9H18N4O. The first-order chi connectivity index (χ1) is 6.68. The van der Waals surface area contributed by atoms with Crippen LogP contribution in [0.5, 0.6) is 0 Å². The van der Waals surface area contributed by atoms with Crippen LogP contribution in [0.1, 0.15) is 19.2 Å². The monoisotopic (exact) mass is 198 g/mol. The summed E-state index contributed by atoms with van der Waals surface area (Å²) in [6.07, 6.45) is 3.09. The van der Waals surface area contributed by atoms with E-state index in [1.807, 2.05) is 7.05 Å². The summed E-state index contributed by atoms with van der Waals surface area (Å²) in [6.45, 7) is 3.49. The number of aliphatic hydroxyl groups is 1. The molecule has 0 spiro atoms. The van der Waals surface area contributed by atoms with Crippen molar-refractivity contribution in [3.05, 3.63) is 12.2 Å². The van der Waals surface area contributed by atoms with Gasteiger partial charge in [-0.05, 0) is 19.9 Å². The van der Waals surface area contributed by atoms with Crippen LogP contribution in [0.2, 0.25) is 0 Å². The Hall–Kier alpha value is -0.940. The van der Waals surface area contributed by atoms with Gasteiger partial charge in [0, 0.05) is 20.0 Å². The van der Waals surface area contributed by atoms with Crippen molar-refractivity contribution in [1.29, 1.82) is 0 Å². The highest BCUT2D eigenvalue weighted by Crippen LogP contribution is 1.89. The summed E-state index contributed by atoms with van der Waals surface area (Å²) in [5.74, 6) is 0.858. The lowest BCUT2D eigenvalue weighted by Gasteiger charge is -2.04. The van der Waals surface area contributed by atoms with Gasteiger partial charge in [-0.2, -0.15) is 5.10 Å². The molecular weight excluding hydrogens is 180 g/mol. The van der Waals surface area contributed by atoms with Crippen molar-refractivity contribution in [2.75, 3.05) is 13.1 Å². The largest absolute Gasteiger partial charge is 0.393 e. The molecule has 80 valence electrons. The fourth-order valence-corrected chi connectivity index (χ4v) is 1.13. The molecule has 1 heterocycles. The summed E-state index contributed by atoms with van der Waals surface area (Å²) < 4.78 is 1.70. The number of nitrogens with zero attached hydrogens (tertiary/aromatic N) is 3. The van der Waals surface area contributed by atoms with Gasteiger partial charge in [-0.25, -0.2) is 4.98 Å². The van der Waals surface area contributed by atoms with Crippen LogP contribution in [-0.2, 0) is 13.5 Å². The molecule has 2 N–H and O–H groups in total. The van der Waals surface area contributed by atoms with Gasteiger partial charge in [0.2, 0.25) is 0 Å². The Bertz CT molecular complexity index is 259. The van der Waals surface area contributed by atoms with E-state index in [9.17, 15) is 0 Å². The molecule has 0 saturated heterocycles. The number of aryl methyl sites for hydroxylation is 1. The fraction of sp³-hybridized carbons (Fsp3) is 0.778. The summed E-state index contributed by atoms with van der Waals surface area (Å²) in [7, 11) is 1.86. The number of aliphatic hydroxyl groups excluding tert-OH is 1. The summed E-state index contributed by atoms with van der Waals surface area (Å²) in [5, 5.41) is 16.4. The minimum Gasteiger partial charge on any atom is -0.393 e.